The van der Waals surface area contributed by atoms with Crippen molar-refractivity contribution in [3.05, 3.63) is 51.6 Å². The maximum Gasteiger partial charge on any atom is 0.307 e. The van der Waals surface area contributed by atoms with Crippen molar-refractivity contribution in [2.24, 2.45) is 0 Å². The zero-order valence-corrected chi connectivity index (χ0v) is 20.4. The van der Waals surface area contributed by atoms with Gasteiger partial charge in [-0.25, -0.2) is 4.98 Å². The minimum atomic E-state index is -0.877. The Morgan fingerprint density at radius 1 is 1.16 bits per heavy atom. The van der Waals surface area contributed by atoms with Crippen LogP contribution in [0.3, 0.4) is 0 Å². The number of benzene rings is 1. The van der Waals surface area contributed by atoms with E-state index in [9.17, 15) is 4.79 Å². The van der Waals surface area contributed by atoms with Gasteiger partial charge in [-0.05, 0) is 97.0 Å². The molecule has 172 valence electrons. The highest BCUT2D eigenvalue weighted by Crippen LogP contribution is 2.36. The number of hydrogen-bond acceptors (Lipinski definition) is 5. The fourth-order valence-corrected chi connectivity index (χ4v) is 5.44. The van der Waals surface area contributed by atoms with E-state index in [0.717, 1.165) is 55.7 Å². The van der Waals surface area contributed by atoms with E-state index in [1.165, 1.54) is 12.8 Å². The molecule has 0 unspecified atom stereocenters. The zero-order chi connectivity index (χ0) is 22.6. The van der Waals surface area contributed by atoms with Gasteiger partial charge in [-0.3, -0.25) is 9.69 Å². The van der Waals surface area contributed by atoms with Crippen molar-refractivity contribution in [2.45, 2.75) is 44.1 Å². The number of aromatic nitrogens is 1. The number of likely N-dealkylation sites (tertiary alicyclic amines) is 1. The minimum Gasteiger partial charge on any atom is -0.493 e. The highest BCUT2D eigenvalue weighted by Gasteiger charge is 2.41. The second-order valence-electron chi connectivity index (χ2n) is 8.70. The first-order valence-corrected chi connectivity index (χ1v) is 12.4. The number of nitrogens with zero attached hydrogens (tertiary/aromatic N) is 3. The van der Waals surface area contributed by atoms with Crippen LogP contribution in [0.5, 0.6) is 5.75 Å². The molecule has 2 aromatic rings. The first kappa shape index (κ1) is 23.3. The van der Waals surface area contributed by atoms with Gasteiger partial charge in [0, 0.05) is 34.3 Å². The second kappa shape index (κ2) is 10.4. The Labute approximate surface area is 202 Å². The summed E-state index contributed by atoms with van der Waals surface area (Å²) in [6, 6.07) is 9.34. The third-order valence-corrected chi connectivity index (χ3v) is 7.32. The maximum atomic E-state index is 11.0. The quantitative estimate of drug-likeness (QED) is 0.525. The number of piperidine rings is 1. The number of anilines is 1. The number of hydrogen-bond donors (Lipinski definition) is 1. The Hall–Kier alpha value is -1.83. The first-order valence-electron chi connectivity index (χ1n) is 11.2. The highest BCUT2D eigenvalue weighted by molar-refractivity contribution is 9.10. The molecule has 1 N–H and O–H groups in total. The van der Waals surface area contributed by atoms with Gasteiger partial charge in [0.05, 0.1) is 13.0 Å². The highest BCUT2D eigenvalue weighted by atomic mass is 79.9. The summed E-state index contributed by atoms with van der Waals surface area (Å²) in [5, 5.41) is 9.57. The minimum absolute atomic E-state index is 0.0609. The van der Waals surface area contributed by atoms with E-state index in [1.807, 2.05) is 12.3 Å². The van der Waals surface area contributed by atoms with E-state index in [1.54, 1.807) is 18.2 Å². The SMILES string of the molecule is O=C(O)Cc1cc(Cl)cc(OCCC2(N3CCCC3)CCN(c3ccc(Br)cn3)CC2)c1. The van der Waals surface area contributed by atoms with Crippen molar-refractivity contribution < 1.29 is 14.6 Å². The number of carboxylic acid groups (broad SMARTS) is 1. The number of rotatable bonds is 8. The number of carbonyl (C=O) groups is 1. The summed E-state index contributed by atoms with van der Waals surface area (Å²) in [5.74, 6) is 0.796. The average Bonchev–Trinajstić information content (AvgIpc) is 3.30. The van der Waals surface area contributed by atoms with Crippen molar-refractivity contribution >= 4 is 39.3 Å². The molecule has 0 saturated carbocycles. The van der Waals surface area contributed by atoms with Crippen LogP contribution < -0.4 is 9.64 Å². The summed E-state index contributed by atoms with van der Waals surface area (Å²) < 4.78 is 7.08. The molecule has 1 aromatic heterocycles. The number of halogens is 2. The molecule has 6 nitrogen and oxygen atoms in total. The van der Waals surface area contributed by atoms with Crippen LogP contribution >= 0.6 is 27.5 Å². The second-order valence-corrected chi connectivity index (χ2v) is 10.1. The van der Waals surface area contributed by atoms with Crippen LogP contribution in [0, 0.1) is 0 Å². The normalized spacial score (nSPS) is 18.6. The summed E-state index contributed by atoms with van der Waals surface area (Å²) in [7, 11) is 0. The molecule has 2 saturated heterocycles. The fraction of sp³-hybridized carbons (Fsp3) is 0.500. The van der Waals surface area contributed by atoms with E-state index >= 15 is 0 Å². The molecule has 4 rings (SSSR count). The van der Waals surface area contributed by atoms with Gasteiger partial charge < -0.3 is 14.7 Å². The Morgan fingerprint density at radius 3 is 2.56 bits per heavy atom. The molecular weight excluding hydrogens is 494 g/mol. The number of pyridine rings is 1. The standard InChI is InChI=1S/C24H29BrClN3O3/c25-19-3-4-22(27-17-19)28-10-5-24(6-11-28,29-8-1-2-9-29)7-12-32-21-14-18(15-23(30)31)13-20(26)16-21/h3-4,13-14,16-17H,1-2,5-12,15H2,(H,30,31). The lowest BCUT2D eigenvalue weighted by Gasteiger charge is -2.48. The maximum absolute atomic E-state index is 11.0. The molecule has 32 heavy (non-hydrogen) atoms. The van der Waals surface area contributed by atoms with Crippen molar-refractivity contribution in [1.82, 2.24) is 9.88 Å². The van der Waals surface area contributed by atoms with Crippen molar-refractivity contribution in [3.63, 3.8) is 0 Å². The van der Waals surface area contributed by atoms with Crippen LogP contribution in [0.15, 0.2) is 41.0 Å². The fourth-order valence-electron chi connectivity index (χ4n) is 4.96. The monoisotopic (exact) mass is 521 g/mol. The Morgan fingerprint density at radius 2 is 1.91 bits per heavy atom. The smallest absolute Gasteiger partial charge is 0.307 e. The van der Waals surface area contributed by atoms with Gasteiger partial charge in [-0.15, -0.1) is 0 Å². The lowest BCUT2D eigenvalue weighted by molar-refractivity contribution is -0.136. The van der Waals surface area contributed by atoms with Gasteiger partial charge in [0.15, 0.2) is 0 Å². The van der Waals surface area contributed by atoms with Gasteiger partial charge in [-0.1, -0.05) is 11.6 Å². The van der Waals surface area contributed by atoms with Crippen LogP contribution in [-0.4, -0.2) is 59.3 Å². The van der Waals surface area contributed by atoms with Gasteiger partial charge in [0.25, 0.3) is 0 Å². The van der Waals surface area contributed by atoms with Gasteiger partial charge in [0.1, 0.15) is 11.6 Å². The third kappa shape index (κ3) is 5.74. The van der Waals surface area contributed by atoms with Crippen molar-refractivity contribution in [1.29, 1.82) is 0 Å². The third-order valence-electron chi connectivity index (χ3n) is 6.63. The molecule has 1 aromatic carbocycles. The predicted octanol–water partition coefficient (Wildman–Crippen LogP) is 5.03. The predicted molar refractivity (Wildman–Crippen MR) is 130 cm³/mol. The van der Waals surface area contributed by atoms with Crippen LogP contribution in [0.25, 0.3) is 0 Å². The molecule has 8 heteroatoms. The van der Waals surface area contributed by atoms with Gasteiger partial charge in [-0.2, -0.15) is 0 Å². The van der Waals surface area contributed by atoms with Crippen LogP contribution in [-0.2, 0) is 11.2 Å². The van der Waals surface area contributed by atoms with E-state index in [-0.39, 0.29) is 12.0 Å². The molecule has 0 spiro atoms. The zero-order valence-electron chi connectivity index (χ0n) is 18.1. The van der Waals surface area contributed by atoms with E-state index in [4.69, 9.17) is 21.4 Å². The Balaban J connectivity index is 1.40. The van der Waals surface area contributed by atoms with Crippen LogP contribution in [0.2, 0.25) is 5.02 Å². The number of carboxylic acids is 1. The number of ether oxygens (including phenoxy) is 1. The number of aliphatic carboxylic acids is 1. The molecule has 2 fully saturated rings. The molecule has 0 bridgehead atoms. The van der Waals surface area contributed by atoms with E-state index in [2.05, 4.69) is 36.8 Å². The van der Waals surface area contributed by atoms with Crippen LogP contribution in [0.4, 0.5) is 5.82 Å². The summed E-state index contributed by atoms with van der Waals surface area (Å²) in [6.45, 7) is 4.84. The molecule has 0 amide bonds. The first-order chi connectivity index (χ1) is 15.4. The molecule has 3 heterocycles. The summed E-state index contributed by atoms with van der Waals surface area (Å²) in [4.78, 5) is 20.7. The molecule has 0 radical (unpaired) electrons. The lowest BCUT2D eigenvalue weighted by Crippen LogP contribution is -2.55. The van der Waals surface area contributed by atoms with Gasteiger partial charge >= 0.3 is 5.97 Å². The van der Waals surface area contributed by atoms with Crippen molar-refractivity contribution in [3.8, 4) is 5.75 Å². The van der Waals surface area contributed by atoms with E-state index in [0.29, 0.717) is 22.9 Å². The molecule has 2 aliphatic rings. The van der Waals surface area contributed by atoms with E-state index < -0.39 is 5.97 Å². The Kier molecular flexibility index (Phi) is 7.59. The Bertz CT molecular complexity index is 927. The largest absolute Gasteiger partial charge is 0.493 e. The van der Waals surface area contributed by atoms with Crippen molar-refractivity contribution in [2.75, 3.05) is 37.7 Å². The molecule has 2 aliphatic heterocycles. The van der Waals surface area contributed by atoms with Crippen LogP contribution in [0.1, 0.15) is 37.7 Å². The molecular formula is C24H29BrClN3O3. The summed E-state index contributed by atoms with van der Waals surface area (Å²) >= 11 is 9.64. The van der Waals surface area contributed by atoms with Gasteiger partial charge in [0.2, 0.25) is 0 Å². The lowest BCUT2D eigenvalue weighted by atomic mass is 9.83. The molecule has 0 aliphatic carbocycles. The molecule has 0 atom stereocenters. The topological polar surface area (TPSA) is 65.9 Å². The summed E-state index contributed by atoms with van der Waals surface area (Å²) in [6.07, 6.45) is 7.40. The summed E-state index contributed by atoms with van der Waals surface area (Å²) in [5.41, 5.74) is 0.787. The average molecular weight is 523 g/mol.